The molecule has 0 spiro atoms. The summed E-state index contributed by atoms with van der Waals surface area (Å²) < 4.78 is 0. The molecule has 80 valence electrons. The third-order valence-electron chi connectivity index (χ3n) is 1.97. The monoisotopic (exact) mass is 221 g/mol. The van der Waals surface area contributed by atoms with Gasteiger partial charge in [-0.3, -0.25) is 0 Å². The fraction of sp³-hybridized carbons (Fsp3) is 0.455. The van der Waals surface area contributed by atoms with E-state index in [0.717, 1.165) is 18.8 Å². The highest BCUT2D eigenvalue weighted by Crippen LogP contribution is 2.06. The summed E-state index contributed by atoms with van der Waals surface area (Å²) in [6, 6.07) is 5.57. The summed E-state index contributed by atoms with van der Waals surface area (Å²) in [5, 5.41) is 11.9. The van der Waals surface area contributed by atoms with E-state index in [1.165, 1.54) is 12.2 Å². The van der Waals surface area contributed by atoms with Crippen molar-refractivity contribution in [3.8, 4) is 6.07 Å². The second kappa shape index (κ2) is 7.13. The highest BCUT2D eigenvalue weighted by Gasteiger charge is 1.95. The van der Waals surface area contributed by atoms with Gasteiger partial charge in [-0.25, -0.2) is 4.98 Å². The van der Waals surface area contributed by atoms with Crippen molar-refractivity contribution in [2.45, 2.75) is 12.8 Å². The fourth-order valence-corrected chi connectivity index (χ4v) is 1.68. The molecule has 0 aliphatic rings. The number of nitriles is 1. The van der Waals surface area contributed by atoms with E-state index in [0.29, 0.717) is 5.56 Å². The van der Waals surface area contributed by atoms with Crippen LogP contribution in [-0.2, 0) is 0 Å². The molecule has 1 rings (SSSR count). The van der Waals surface area contributed by atoms with Gasteiger partial charge >= 0.3 is 0 Å². The van der Waals surface area contributed by atoms with E-state index in [1.54, 1.807) is 18.3 Å². The van der Waals surface area contributed by atoms with Crippen molar-refractivity contribution >= 4 is 17.6 Å². The normalized spacial score (nSPS) is 9.60. The number of nitrogens with zero attached hydrogens (tertiary/aromatic N) is 2. The van der Waals surface area contributed by atoms with Gasteiger partial charge in [0, 0.05) is 12.7 Å². The Morgan fingerprint density at radius 3 is 3.13 bits per heavy atom. The van der Waals surface area contributed by atoms with Crippen LogP contribution in [0.2, 0.25) is 0 Å². The van der Waals surface area contributed by atoms with E-state index in [2.05, 4.69) is 22.6 Å². The van der Waals surface area contributed by atoms with Gasteiger partial charge in [0.05, 0.1) is 11.6 Å². The maximum Gasteiger partial charge on any atom is 0.127 e. The lowest BCUT2D eigenvalue weighted by molar-refractivity contribution is 0.840. The number of rotatable bonds is 6. The number of aromatic nitrogens is 1. The van der Waals surface area contributed by atoms with Crippen LogP contribution < -0.4 is 5.32 Å². The third kappa shape index (κ3) is 4.71. The Bertz CT molecular complexity index is 333. The number of anilines is 1. The molecular formula is C11H15N3S. The Morgan fingerprint density at radius 2 is 2.40 bits per heavy atom. The van der Waals surface area contributed by atoms with Gasteiger partial charge in [-0.1, -0.05) is 0 Å². The average Bonchev–Trinajstić information content (AvgIpc) is 2.29. The molecule has 4 heteroatoms. The van der Waals surface area contributed by atoms with Crippen LogP contribution in [0.1, 0.15) is 18.4 Å². The molecule has 15 heavy (non-hydrogen) atoms. The van der Waals surface area contributed by atoms with E-state index in [4.69, 9.17) is 5.26 Å². The quantitative estimate of drug-likeness (QED) is 0.750. The summed E-state index contributed by atoms with van der Waals surface area (Å²) in [6.45, 7) is 0.919. The Morgan fingerprint density at radius 1 is 1.53 bits per heavy atom. The van der Waals surface area contributed by atoms with Gasteiger partial charge in [-0.05, 0) is 37.0 Å². The number of nitrogens with one attached hydrogen (secondary N) is 1. The largest absolute Gasteiger partial charge is 0.370 e. The molecule has 1 heterocycles. The molecule has 0 radical (unpaired) electrons. The van der Waals surface area contributed by atoms with Crippen LogP contribution >= 0.6 is 11.8 Å². The highest BCUT2D eigenvalue weighted by molar-refractivity contribution is 7.98. The van der Waals surface area contributed by atoms with Crippen LogP contribution in [0.4, 0.5) is 5.82 Å². The van der Waals surface area contributed by atoms with Crippen LogP contribution in [0.3, 0.4) is 0 Å². The second-order valence-electron chi connectivity index (χ2n) is 3.17. The van der Waals surface area contributed by atoms with Gasteiger partial charge in [0.2, 0.25) is 0 Å². The molecule has 0 fully saturated rings. The number of hydrogen-bond donors (Lipinski definition) is 1. The number of pyridine rings is 1. The lowest BCUT2D eigenvalue weighted by Gasteiger charge is -2.04. The highest BCUT2D eigenvalue weighted by atomic mass is 32.2. The molecule has 0 atom stereocenters. The Hall–Kier alpha value is -1.21. The molecule has 0 aliphatic carbocycles. The molecule has 0 saturated carbocycles. The zero-order chi connectivity index (χ0) is 10.9. The molecule has 1 aromatic heterocycles. The minimum absolute atomic E-state index is 0.650. The van der Waals surface area contributed by atoms with Gasteiger partial charge < -0.3 is 5.32 Å². The molecule has 0 bridgehead atoms. The van der Waals surface area contributed by atoms with E-state index in [9.17, 15) is 0 Å². The number of thioether (sulfide) groups is 1. The summed E-state index contributed by atoms with van der Waals surface area (Å²) in [7, 11) is 0. The van der Waals surface area contributed by atoms with Crippen molar-refractivity contribution in [3.63, 3.8) is 0 Å². The summed E-state index contributed by atoms with van der Waals surface area (Å²) in [6.07, 6.45) is 6.12. The smallest absolute Gasteiger partial charge is 0.127 e. The minimum Gasteiger partial charge on any atom is -0.370 e. The Balaban J connectivity index is 2.28. The fourth-order valence-electron chi connectivity index (χ4n) is 1.18. The van der Waals surface area contributed by atoms with Crippen molar-refractivity contribution in [3.05, 3.63) is 23.9 Å². The summed E-state index contributed by atoms with van der Waals surface area (Å²) >= 11 is 1.87. The van der Waals surface area contributed by atoms with Gasteiger partial charge in [0.1, 0.15) is 5.82 Å². The first-order valence-electron chi connectivity index (χ1n) is 4.96. The van der Waals surface area contributed by atoms with Gasteiger partial charge in [0.25, 0.3) is 0 Å². The maximum absolute atomic E-state index is 8.70. The van der Waals surface area contributed by atoms with Crippen LogP contribution in [0, 0.1) is 11.3 Å². The first-order valence-corrected chi connectivity index (χ1v) is 6.35. The van der Waals surface area contributed by atoms with Crippen molar-refractivity contribution in [2.24, 2.45) is 0 Å². The first kappa shape index (κ1) is 11.9. The average molecular weight is 221 g/mol. The Kier molecular flexibility index (Phi) is 5.64. The number of hydrogen-bond acceptors (Lipinski definition) is 4. The predicted octanol–water partition coefficient (Wildman–Crippen LogP) is 2.51. The SMILES string of the molecule is CSCCCCNc1cc(C#N)ccn1. The van der Waals surface area contributed by atoms with Crippen LogP contribution in [0.5, 0.6) is 0 Å². The second-order valence-corrected chi connectivity index (χ2v) is 4.15. The van der Waals surface area contributed by atoms with E-state index < -0.39 is 0 Å². The lowest BCUT2D eigenvalue weighted by Crippen LogP contribution is -2.03. The van der Waals surface area contributed by atoms with Gasteiger partial charge in [-0.15, -0.1) is 0 Å². The molecule has 1 aromatic rings. The van der Waals surface area contributed by atoms with Gasteiger partial charge in [0.15, 0.2) is 0 Å². The molecule has 1 N–H and O–H groups in total. The topological polar surface area (TPSA) is 48.7 Å². The summed E-state index contributed by atoms with van der Waals surface area (Å²) in [4.78, 5) is 4.14. The van der Waals surface area contributed by atoms with Crippen molar-refractivity contribution < 1.29 is 0 Å². The maximum atomic E-state index is 8.70. The number of unbranched alkanes of at least 4 members (excludes halogenated alkanes) is 1. The van der Waals surface area contributed by atoms with E-state index in [-0.39, 0.29) is 0 Å². The molecule has 0 unspecified atom stereocenters. The zero-order valence-corrected chi connectivity index (χ0v) is 9.68. The standard InChI is InChI=1S/C11H15N3S/c1-15-7-3-2-5-13-11-8-10(9-12)4-6-14-11/h4,6,8H,2-3,5,7H2,1H3,(H,13,14). The van der Waals surface area contributed by atoms with Crippen LogP contribution in [-0.4, -0.2) is 23.5 Å². The summed E-state index contributed by atoms with van der Waals surface area (Å²) in [5.74, 6) is 1.99. The van der Waals surface area contributed by atoms with Crippen LogP contribution in [0.15, 0.2) is 18.3 Å². The summed E-state index contributed by atoms with van der Waals surface area (Å²) in [5.41, 5.74) is 0.650. The molecular weight excluding hydrogens is 206 g/mol. The van der Waals surface area contributed by atoms with Crippen LogP contribution in [0.25, 0.3) is 0 Å². The molecule has 0 aliphatic heterocycles. The third-order valence-corrected chi connectivity index (χ3v) is 2.67. The van der Waals surface area contributed by atoms with Crippen molar-refractivity contribution in [2.75, 3.05) is 23.9 Å². The van der Waals surface area contributed by atoms with Crippen molar-refractivity contribution in [1.29, 1.82) is 5.26 Å². The first-order chi connectivity index (χ1) is 7.36. The Labute approximate surface area is 94.9 Å². The lowest BCUT2D eigenvalue weighted by atomic mass is 10.3. The predicted molar refractivity (Wildman–Crippen MR) is 65.1 cm³/mol. The van der Waals surface area contributed by atoms with E-state index >= 15 is 0 Å². The molecule has 0 amide bonds. The van der Waals surface area contributed by atoms with E-state index in [1.807, 2.05) is 11.8 Å². The van der Waals surface area contributed by atoms with Crippen molar-refractivity contribution in [1.82, 2.24) is 4.98 Å². The van der Waals surface area contributed by atoms with Gasteiger partial charge in [-0.2, -0.15) is 17.0 Å². The molecule has 0 saturated heterocycles. The minimum atomic E-state index is 0.650. The molecule has 0 aromatic carbocycles. The molecule has 3 nitrogen and oxygen atoms in total. The zero-order valence-electron chi connectivity index (χ0n) is 8.86.